The zero-order valence-electron chi connectivity index (χ0n) is 17.7. The fraction of sp³-hybridized carbons (Fsp3) is 0.167. The average molecular weight is 470 g/mol. The van der Waals surface area contributed by atoms with E-state index in [0.717, 1.165) is 18.2 Å². The Labute approximate surface area is 187 Å². The fourth-order valence-corrected chi connectivity index (χ4v) is 6.27. The quantitative estimate of drug-likeness (QED) is 0.404. The van der Waals surface area contributed by atoms with Gasteiger partial charge in [-0.2, -0.15) is 8.42 Å². The molecule has 32 heavy (non-hydrogen) atoms. The molecule has 0 atom stereocenters. The summed E-state index contributed by atoms with van der Waals surface area (Å²) < 4.78 is 56.0. The van der Waals surface area contributed by atoms with E-state index in [2.05, 4.69) is 4.98 Å². The van der Waals surface area contributed by atoms with Gasteiger partial charge in [0, 0.05) is 17.1 Å². The van der Waals surface area contributed by atoms with E-state index < -0.39 is 20.0 Å². The SMILES string of the molecule is COS(=O)(=O)c1ccc(C)cc1CCc1cccc2[nH]cc(S(=O)(=O)c3ccccc3)c12. The first-order valence-electron chi connectivity index (χ1n) is 10.0. The molecular weight excluding hydrogens is 446 g/mol. The predicted octanol–water partition coefficient (Wildman–Crippen LogP) is 4.43. The number of aryl methyl sites for hydroxylation is 3. The van der Waals surface area contributed by atoms with Crippen LogP contribution < -0.4 is 0 Å². The Morgan fingerprint density at radius 2 is 1.53 bits per heavy atom. The van der Waals surface area contributed by atoms with Gasteiger partial charge in [0.2, 0.25) is 9.84 Å². The molecule has 3 aromatic carbocycles. The first kappa shape index (κ1) is 22.3. The number of sulfone groups is 1. The van der Waals surface area contributed by atoms with Crippen LogP contribution in [-0.4, -0.2) is 28.9 Å². The summed E-state index contributed by atoms with van der Waals surface area (Å²) >= 11 is 0. The Morgan fingerprint density at radius 1 is 0.812 bits per heavy atom. The highest BCUT2D eigenvalue weighted by molar-refractivity contribution is 7.91. The van der Waals surface area contributed by atoms with Gasteiger partial charge in [0.15, 0.2) is 0 Å². The third kappa shape index (κ3) is 4.09. The molecule has 166 valence electrons. The molecule has 0 saturated heterocycles. The molecule has 0 bridgehead atoms. The first-order valence-corrected chi connectivity index (χ1v) is 12.9. The normalized spacial score (nSPS) is 12.3. The highest BCUT2D eigenvalue weighted by Crippen LogP contribution is 2.32. The Kier molecular flexibility index (Phi) is 5.94. The number of hydrogen-bond acceptors (Lipinski definition) is 5. The van der Waals surface area contributed by atoms with E-state index in [4.69, 9.17) is 4.18 Å². The summed E-state index contributed by atoms with van der Waals surface area (Å²) in [6, 6.07) is 19.0. The highest BCUT2D eigenvalue weighted by atomic mass is 32.2. The fourth-order valence-electron chi connectivity index (χ4n) is 3.88. The van der Waals surface area contributed by atoms with E-state index in [9.17, 15) is 16.8 Å². The molecule has 0 radical (unpaired) electrons. The molecular formula is C24H23NO5S2. The van der Waals surface area contributed by atoms with E-state index >= 15 is 0 Å². The van der Waals surface area contributed by atoms with Gasteiger partial charge < -0.3 is 4.98 Å². The molecule has 0 aliphatic heterocycles. The van der Waals surface area contributed by atoms with Gasteiger partial charge in [0.1, 0.15) is 0 Å². The van der Waals surface area contributed by atoms with E-state index in [1.54, 1.807) is 42.5 Å². The lowest BCUT2D eigenvalue weighted by molar-refractivity contribution is 0.397. The zero-order valence-corrected chi connectivity index (χ0v) is 19.3. The molecule has 0 amide bonds. The molecule has 6 nitrogen and oxygen atoms in total. The summed E-state index contributed by atoms with van der Waals surface area (Å²) in [7, 11) is -6.43. The monoisotopic (exact) mass is 469 g/mol. The summed E-state index contributed by atoms with van der Waals surface area (Å²) in [5.41, 5.74) is 3.10. The smallest absolute Gasteiger partial charge is 0.296 e. The maximum atomic E-state index is 13.3. The van der Waals surface area contributed by atoms with Gasteiger partial charge >= 0.3 is 0 Å². The molecule has 8 heteroatoms. The van der Waals surface area contributed by atoms with Crippen molar-refractivity contribution in [1.82, 2.24) is 4.98 Å². The van der Waals surface area contributed by atoms with Crippen LogP contribution in [0.1, 0.15) is 16.7 Å². The number of benzene rings is 3. The Balaban J connectivity index is 1.77. The van der Waals surface area contributed by atoms with Crippen LogP contribution in [0.25, 0.3) is 10.9 Å². The summed E-state index contributed by atoms with van der Waals surface area (Å²) in [5, 5.41) is 0.625. The molecule has 1 N–H and O–H groups in total. The van der Waals surface area contributed by atoms with Crippen LogP contribution in [0.15, 0.2) is 87.6 Å². The van der Waals surface area contributed by atoms with Crippen molar-refractivity contribution in [3.63, 3.8) is 0 Å². The van der Waals surface area contributed by atoms with Gasteiger partial charge in [0.05, 0.1) is 21.8 Å². The van der Waals surface area contributed by atoms with Crippen molar-refractivity contribution in [2.45, 2.75) is 34.5 Å². The topological polar surface area (TPSA) is 93.3 Å². The maximum Gasteiger partial charge on any atom is 0.296 e. The minimum Gasteiger partial charge on any atom is -0.360 e. The van der Waals surface area contributed by atoms with Gasteiger partial charge in [0.25, 0.3) is 10.1 Å². The van der Waals surface area contributed by atoms with Crippen LogP contribution in [0.5, 0.6) is 0 Å². The van der Waals surface area contributed by atoms with Gasteiger partial charge in [-0.05, 0) is 55.2 Å². The van der Waals surface area contributed by atoms with E-state index in [0.29, 0.717) is 29.3 Å². The zero-order chi connectivity index (χ0) is 22.9. The van der Waals surface area contributed by atoms with Crippen LogP contribution in [0.2, 0.25) is 0 Å². The summed E-state index contributed by atoms with van der Waals surface area (Å²) in [5.74, 6) is 0. The van der Waals surface area contributed by atoms with Crippen molar-refractivity contribution in [3.8, 4) is 0 Å². The lowest BCUT2D eigenvalue weighted by atomic mass is 10.0. The van der Waals surface area contributed by atoms with Crippen molar-refractivity contribution in [2.24, 2.45) is 0 Å². The molecule has 0 unspecified atom stereocenters. The van der Waals surface area contributed by atoms with E-state index in [-0.39, 0.29) is 14.7 Å². The summed E-state index contributed by atoms with van der Waals surface area (Å²) in [6.45, 7) is 1.89. The summed E-state index contributed by atoms with van der Waals surface area (Å²) in [6.07, 6.45) is 2.39. The number of aromatic amines is 1. The van der Waals surface area contributed by atoms with Crippen molar-refractivity contribution < 1.29 is 21.0 Å². The molecule has 0 aliphatic rings. The number of hydrogen-bond donors (Lipinski definition) is 1. The standard InChI is InChI=1S/C24H23NO5S2/c1-17-11-14-22(32(28,29)30-2)19(15-17)13-12-18-7-6-10-21-24(18)23(16-25-21)31(26,27)20-8-4-3-5-9-20/h3-11,14-16,25H,12-13H2,1-2H3. The number of rotatable bonds is 7. The molecule has 1 heterocycles. The average Bonchev–Trinajstić information content (AvgIpc) is 3.24. The summed E-state index contributed by atoms with van der Waals surface area (Å²) in [4.78, 5) is 3.63. The van der Waals surface area contributed by atoms with Gasteiger partial charge in [-0.15, -0.1) is 0 Å². The second-order valence-electron chi connectivity index (χ2n) is 7.54. The maximum absolute atomic E-state index is 13.3. The van der Waals surface area contributed by atoms with Crippen LogP contribution in [0.4, 0.5) is 0 Å². The highest BCUT2D eigenvalue weighted by Gasteiger charge is 2.24. The molecule has 0 fully saturated rings. The number of H-pyrrole nitrogens is 1. The second-order valence-corrected chi connectivity index (χ2v) is 11.1. The minimum absolute atomic E-state index is 0.129. The third-order valence-corrected chi connectivity index (χ3v) is 8.64. The lowest BCUT2D eigenvalue weighted by Gasteiger charge is -2.12. The van der Waals surface area contributed by atoms with Gasteiger partial charge in [-0.1, -0.05) is 48.0 Å². The number of fused-ring (bicyclic) bond motifs is 1. The molecule has 0 aliphatic carbocycles. The lowest BCUT2D eigenvalue weighted by Crippen LogP contribution is -2.08. The molecule has 4 aromatic rings. The van der Waals surface area contributed by atoms with Crippen molar-refractivity contribution in [1.29, 1.82) is 0 Å². The largest absolute Gasteiger partial charge is 0.360 e. The van der Waals surface area contributed by atoms with Gasteiger partial charge in [-0.3, -0.25) is 4.18 Å². The second kappa shape index (κ2) is 8.54. The van der Waals surface area contributed by atoms with E-state index in [1.807, 2.05) is 31.2 Å². The van der Waals surface area contributed by atoms with Crippen LogP contribution in [0, 0.1) is 6.92 Å². The van der Waals surface area contributed by atoms with Crippen LogP contribution in [-0.2, 0) is 37.0 Å². The van der Waals surface area contributed by atoms with Crippen LogP contribution in [0.3, 0.4) is 0 Å². The van der Waals surface area contributed by atoms with Crippen molar-refractivity contribution >= 4 is 30.9 Å². The van der Waals surface area contributed by atoms with E-state index in [1.165, 1.54) is 6.20 Å². The predicted molar refractivity (Wildman–Crippen MR) is 123 cm³/mol. The van der Waals surface area contributed by atoms with Crippen molar-refractivity contribution in [2.75, 3.05) is 7.11 Å². The Bertz CT molecular complexity index is 1490. The minimum atomic E-state index is -3.85. The molecule has 1 aromatic heterocycles. The molecule has 4 rings (SSSR count). The Morgan fingerprint density at radius 3 is 2.25 bits per heavy atom. The molecule has 0 spiro atoms. The first-order chi connectivity index (χ1) is 15.2. The number of nitrogens with one attached hydrogen (secondary N) is 1. The third-order valence-electron chi connectivity index (χ3n) is 5.47. The molecule has 0 saturated carbocycles. The Hall–Kier alpha value is -2.94. The van der Waals surface area contributed by atoms with Crippen molar-refractivity contribution in [3.05, 3.63) is 89.6 Å². The van der Waals surface area contributed by atoms with Crippen LogP contribution >= 0.6 is 0 Å². The van der Waals surface area contributed by atoms with Gasteiger partial charge in [-0.25, -0.2) is 8.42 Å². The number of aromatic nitrogens is 1.